The van der Waals surface area contributed by atoms with E-state index in [0.29, 0.717) is 33.1 Å². The van der Waals surface area contributed by atoms with Crippen LogP contribution in [0.25, 0.3) is 6.08 Å². The Morgan fingerprint density at radius 3 is 2.42 bits per heavy atom. The van der Waals surface area contributed by atoms with Crippen LogP contribution < -0.4 is 20.3 Å². The molecule has 1 aliphatic heterocycles. The highest BCUT2D eigenvalue weighted by Crippen LogP contribution is 2.35. The standard InChI is InChI=1S/C33H26IN3O5S/c1-42-26-11-5-7-21(17-26)18-28(36-31(39)22-8-3-2-4-9-22)32(40)35-24-10-6-12-27(19-24)43-29-20-30(38)37(33(29)41)25-15-13-23(34)14-16-25/h2-19,29H,20H2,1H3,(H,35,40)(H,36,39). The van der Waals surface area contributed by atoms with E-state index < -0.39 is 17.1 Å². The van der Waals surface area contributed by atoms with Crippen LogP contribution in [0, 0.1) is 3.57 Å². The van der Waals surface area contributed by atoms with Crippen molar-refractivity contribution in [2.75, 3.05) is 17.3 Å². The summed E-state index contributed by atoms with van der Waals surface area (Å²) >= 11 is 3.43. The van der Waals surface area contributed by atoms with E-state index in [4.69, 9.17) is 4.74 Å². The number of hydrogen-bond donors (Lipinski definition) is 2. The van der Waals surface area contributed by atoms with Gasteiger partial charge < -0.3 is 15.4 Å². The summed E-state index contributed by atoms with van der Waals surface area (Å²) in [6.45, 7) is 0. The maximum absolute atomic E-state index is 13.5. The number of carbonyl (C=O) groups is 4. The van der Waals surface area contributed by atoms with Gasteiger partial charge >= 0.3 is 0 Å². The lowest BCUT2D eigenvalue weighted by atomic mass is 10.1. The fourth-order valence-electron chi connectivity index (χ4n) is 4.41. The number of hydrogen-bond acceptors (Lipinski definition) is 6. The first-order valence-electron chi connectivity index (χ1n) is 13.2. The van der Waals surface area contributed by atoms with Crippen molar-refractivity contribution in [1.29, 1.82) is 0 Å². The summed E-state index contributed by atoms with van der Waals surface area (Å²) < 4.78 is 6.30. The second kappa shape index (κ2) is 13.7. The molecule has 8 nitrogen and oxygen atoms in total. The van der Waals surface area contributed by atoms with E-state index in [0.717, 1.165) is 3.57 Å². The largest absolute Gasteiger partial charge is 0.497 e. The van der Waals surface area contributed by atoms with Crippen molar-refractivity contribution in [3.63, 3.8) is 0 Å². The quantitative estimate of drug-likeness (QED) is 0.124. The van der Waals surface area contributed by atoms with Crippen LogP contribution in [0.5, 0.6) is 5.75 Å². The highest BCUT2D eigenvalue weighted by Gasteiger charge is 2.40. The minimum absolute atomic E-state index is 0.0323. The summed E-state index contributed by atoms with van der Waals surface area (Å²) in [7, 11) is 1.55. The minimum Gasteiger partial charge on any atom is -0.497 e. The van der Waals surface area contributed by atoms with Crippen LogP contribution in [0.1, 0.15) is 22.3 Å². The van der Waals surface area contributed by atoms with E-state index >= 15 is 0 Å². The summed E-state index contributed by atoms with van der Waals surface area (Å²) in [6.07, 6.45) is 1.64. The predicted molar refractivity (Wildman–Crippen MR) is 176 cm³/mol. The Morgan fingerprint density at radius 1 is 0.930 bits per heavy atom. The lowest BCUT2D eigenvalue weighted by Gasteiger charge is -2.15. The molecular weight excluding hydrogens is 677 g/mol. The van der Waals surface area contributed by atoms with Gasteiger partial charge in [0.25, 0.3) is 11.8 Å². The van der Waals surface area contributed by atoms with Crippen LogP contribution in [-0.4, -0.2) is 36.0 Å². The number of benzene rings is 4. The zero-order valence-electron chi connectivity index (χ0n) is 23.0. The van der Waals surface area contributed by atoms with Crippen LogP contribution in [0.2, 0.25) is 0 Å². The van der Waals surface area contributed by atoms with Gasteiger partial charge in [0.1, 0.15) is 11.4 Å². The molecule has 1 fully saturated rings. The third-order valence-electron chi connectivity index (χ3n) is 6.49. The number of imide groups is 1. The van der Waals surface area contributed by atoms with Crippen molar-refractivity contribution >= 4 is 75.4 Å². The molecule has 10 heteroatoms. The van der Waals surface area contributed by atoms with Crippen LogP contribution in [0.15, 0.2) is 114 Å². The number of halogens is 1. The van der Waals surface area contributed by atoms with Crippen molar-refractivity contribution in [2.24, 2.45) is 0 Å². The number of thioether (sulfide) groups is 1. The van der Waals surface area contributed by atoms with Crippen molar-refractivity contribution in [2.45, 2.75) is 16.6 Å². The monoisotopic (exact) mass is 703 g/mol. The van der Waals surface area contributed by atoms with E-state index in [-0.39, 0.29) is 23.9 Å². The first-order valence-corrected chi connectivity index (χ1v) is 15.2. The molecule has 4 aromatic rings. The molecule has 1 unspecified atom stereocenters. The minimum atomic E-state index is -0.591. The van der Waals surface area contributed by atoms with Crippen LogP contribution in [0.3, 0.4) is 0 Å². The Hall–Kier alpha value is -4.42. The van der Waals surface area contributed by atoms with Gasteiger partial charge in [0.15, 0.2) is 0 Å². The lowest BCUT2D eigenvalue weighted by Crippen LogP contribution is -2.31. The van der Waals surface area contributed by atoms with Gasteiger partial charge in [-0.25, -0.2) is 4.90 Å². The molecular formula is C33H26IN3O5S. The van der Waals surface area contributed by atoms with Crippen LogP contribution >= 0.6 is 34.4 Å². The first-order chi connectivity index (χ1) is 20.8. The highest BCUT2D eigenvalue weighted by molar-refractivity contribution is 14.1. The molecule has 1 aliphatic rings. The number of carbonyl (C=O) groups excluding carboxylic acids is 4. The summed E-state index contributed by atoms with van der Waals surface area (Å²) in [4.78, 5) is 54.2. The second-order valence-corrected chi connectivity index (χ2v) is 12.0. The van der Waals surface area contributed by atoms with Gasteiger partial charge in [-0.1, -0.05) is 36.4 Å². The Kier molecular flexibility index (Phi) is 9.58. The van der Waals surface area contributed by atoms with Gasteiger partial charge in [0.2, 0.25) is 11.8 Å². The number of rotatable bonds is 9. The fraction of sp³-hybridized carbons (Fsp3) is 0.0909. The molecule has 1 atom stereocenters. The normalized spacial score (nSPS) is 14.9. The van der Waals surface area contributed by atoms with Gasteiger partial charge in [-0.3, -0.25) is 19.2 Å². The summed E-state index contributed by atoms with van der Waals surface area (Å²) in [6, 6.07) is 29.9. The molecule has 0 aromatic heterocycles. The van der Waals surface area contributed by atoms with E-state index in [2.05, 4.69) is 33.2 Å². The molecule has 43 heavy (non-hydrogen) atoms. The average molecular weight is 704 g/mol. The summed E-state index contributed by atoms with van der Waals surface area (Å²) in [5.41, 5.74) is 2.11. The third kappa shape index (κ3) is 7.51. The average Bonchev–Trinajstić information content (AvgIpc) is 3.29. The summed E-state index contributed by atoms with van der Waals surface area (Å²) in [5.74, 6) is -0.900. The Bertz CT molecular complexity index is 1710. The number of nitrogens with one attached hydrogen (secondary N) is 2. The lowest BCUT2D eigenvalue weighted by molar-refractivity contribution is -0.121. The maximum Gasteiger partial charge on any atom is 0.272 e. The van der Waals surface area contributed by atoms with Crippen LogP contribution in [0.4, 0.5) is 11.4 Å². The van der Waals surface area contributed by atoms with E-state index in [1.807, 2.05) is 18.2 Å². The Morgan fingerprint density at radius 2 is 1.67 bits per heavy atom. The molecule has 0 bridgehead atoms. The number of methoxy groups -OCH3 is 1. The number of ether oxygens (including phenoxy) is 1. The molecule has 1 heterocycles. The van der Waals surface area contributed by atoms with Gasteiger partial charge in [-0.15, -0.1) is 11.8 Å². The van der Waals surface area contributed by atoms with Crippen molar-refractivity contribution < 1.29 is 23.9 Å². The number of nitrogens with zero attached hydrogens (tertiary/aromatic N) is 1. The molecule has 0 radical (unpaired) electrons. The smallest absolute Gasteiger partial charge is 0.272 e. The maximum atomic E-state index is 13.5. The zero-order valence-corrected chi connectivity index (χ0v) is 25.9. The van der Waals surface area contributed by atoms with Gasteiger partial charge in [0, 0.05) is 26.1 Å². The van der Waals surface area contributed by atoms with Gasteiger partial charge in [0.05, 0.1) is 18.0 Å². The third-order valence-corrected chi connectivity index (χ3v) is 8.39. The van der Waals surface area contributed by atoms with Crippen molar-refractivity contribution in [3.05, 3.63) is 124 Å². The number of amides is 4. The molecule has 5 rings (SSSR count). The SMILES string of the molecule is COc1cccc(C=C(NC(=O)c2ccccc2)C(=O)Nc2cccc(SC3CC(=O)N(c4ccc(I)cc4)C3=O)c2)c1. The van der Waals surface area contributed by atoms with E-state index in [9.17, 15) is 19.2 Å². The summed E-state index contributed by atoms with van der Waals surface area (Å²) in [5, 5.41) is 4.98. The van der Waals surface area contributed by atoms with Crippen LogP contribution in [-0.2, 0) is 14.4 Å². The van der Waals surface area contributed by atoms with Gasteiger partial charge in [-0.05, 0) is 101 Å². The van der Waals surface area contributed by atoms with Gasteiger partial charge in [-0.2, -0.15) is 0 Å². The number of anilines is 2. The zero-order chi connectivity index (χ0) is 30.3. The van der Waals surface area contributed by atoms with Crippen molar-refractivity contribution in [1.82, 2.24) is 5.32 Å². The molecule has 216 valence electrons. The van der Waals surface area contributed by atoms with E-state index in [1.165, 1.54) is 16.7 Å². The molecule has 0 spiro atoms. The Balaban J connectivity index is 1.33. The molecule has 4 amide bonds. The highest BCUT2D eigenvalue weighted by atomic mass is 127. The van der Waals surface area contributed by atoms with E-state index in [1.54, 1.807) is 98.1 Å². The predicted octanol–water partition coefficient (Wildman–Crippen LogP) is 6.13. The molecule has 2 N–H and O–H groups in total. The Labute approximate surface area is 266 Å². The van der Waals surface area contributed by atoms with Crippen molar-refractivity contribution in [3.8, 4) is 5.75 Å². The fourth-order valence-corrected chi connectivity index (χ4v) is 5.88. The molecule has 1 saturated heterocycles. The second-order valence-electron chi connectivity index (χ2n) is 9.49. The molecule has 0 saturated carbocycles. The first kappa shape index (κ1) is 30.1. The topological polar surface area (TPSA) is 105 Å². The molecule has 0 aliphatic carbocycles. The molecule has 4 aromatic carbocycles.